The molecule has 2 fully saturated rings. The van der Waals surface area contributed by atoms with Crippen LogP contribution in [0.3, 0.4) is 0 Å². The predicted molar refractivity (Wildman–Crippen MR) is 53.2 cm³/mol. The molecule has 0 spiro atoms. The maximum Gasteiger partial charge on any atom is 0.134 e. The Bertz CT molecular complexity index is 118. The first-order chi connectivity index (χ1) is 5.97. The number of ether oxygens (including phenoxy) is 2. The van der Waals surface area contributed by atoms with Gasteiger partial charge in [0.1, 0.15) is 6.23 Å². The van der Waals surface area contributed by atoms with E-state index in [0.717, 1.165) is 32.6 Å². The molecule has 0 aliphatic carbocycles. The smallest absolute Gasteiger partial charge is 0.134 e. The van der Waals surface area contributed by atoms with E-state index in [9.17, 15) is 0 Å². The van der Waals surface area contributed by atoms with Crippen LogP contribution in [0, 0.1) is 0 Å². The summed E-state index contributed by atoms with van der Waals surface area (Å²) in [6.07, 6.45) is 5.24. The second kappa shape index (κ2) is 5.81. The van der Waals surface area contributed by atoms with Gasteiger partial charge in [-0.15, -0.1) is 12.4 Å². The van der Waals surface area contributed by atoms with Crippen molar-refractivity contribution in [3.8, 4) is 0 Å². The fourth-order valence-corrected chi connectivity index (χ4v) is 1.83. The fraction of sp³-hybridized carbons (Fsp3) is 1.00. The number of hydrogen-bond acceptors (Lipinski definition) is 3. The van der Waals surface area contributed by atoms with Gasteiger partial charge in [-0.2, -0.15) is 0 Å². The van der Waals surface area contributed by atoms with Crippen molar-refractivity contribution in [1.82, 2.24) is 5.32 Å². The third kappa shape index (κ3) is 3.09. The molecule has 2 heterocycles. The zero-order valence-corrected chi connectivity index (χ0v) is 8.65. The van der Waals surface area contributed by atoms with E-state index in [1.54, 1.807) is 0 Å². The van der Waals surface area contributed by atoms with Crippen LogP contribution in [0.25, 0.3) is 0 Å². The van der Waals surface area contributed by atoms with Gasteiger partial charge >= 0.3 is 0 Å². The fourth-order valence-electron chi connectivity index (χ4n) is 1.83. The zero-order valence-electron chi connectivity index (χ0n) is 7.83. The van der Waals surface area contributed by atoms with Gasteiger partial charge in [-0.25, -0.2) is 0 Å². The van der Waals surface area contributed by atoms with E-state index in [2.05, 4.69) is 5.32 Å². The van der Waals surface area contributed by atoms with Crippen LogP contribution in [-0.4, -0.2) is 32.1 Å². The van der Waals surface area contributed by atoms with E-state index in [0.29, 0.717) is 6.10 Å². The summed E-state index contributed by atoms with van der Waals surface area (Å²) in [5.41, 5.74) is 0. The maximum atomic E-state index is 5.63. The average molecular weight is 208 g/mol. The maximum absolute atomic E-state index is 5.63. The van der Waals surface area contributed by atoms with Crippen LogP contribution in [0.5, 0.6) is 0 Å². The van der Waals surface area contributed by atoms with Gasteiger partial charge < -0.3 is 9.47 Å². The van der Waals surface area contributed by atoms with Gasteiger partial charge in [-0.1, -0.05) is 0 Å². The second-order valence-electron chi connectivity index (χ2n) is 3.50. The standard InChI is InChI=1S/C9H17NO2.ClH/c1-2-6-11-8(4-1)9-10-5-3-7-12-9;/h8-10H,1-7H2;1H. The average Bonchev–Trinajstić information content (AvgIpc) is 2.21. The lowest BCUT2D eigenvalue weighted by Crippen LogP contribution is -2.48. The Labute approximate surface area is 85.6 Å². The van der Waals surface area contributed by atoms with Crippen molar-refractivity contribution in [2.45, 2.75) is 38.0 Å². The van der Waals surface area contributed by atoms with Gasteiger partial charge in [0.05, 0.1) is 12.7 Å². The molecule has 13 heavy (non-hydrogen) atoms. The summed E-state index contributed by atoms with van der Waals surface area (Å²) in [5, 5.41) is 3.34. The summed E-state index contributed by atoms with van der Waals surface area (Å²) >= 11 is 0. The van der Waals surface area contributed by atoms with Crippen molar-refractivity contribution in [2.24, 2.45) is 0 Å². The Balaban J connectivity index is 0.000000845. The van der Waals surface area contributed by atoms with Crippen LogP contribution in [0.15, 0.2) is 0 Å². The lowest BCUT2D eigenvalue weighted by molar-refractivity contribution is -0.117. The molecule has 1 N–H and O–H groups in total. The highest BCUT2D eigenvalue weighted by Gasteiger charge is 2.26. The third-order valence-corrected chi connectivity index (χ3v) is 2.52. The first-order valence-electron chi connectivity index (χ1n) is 4.93. The summed E-state index contributed by atoms with van der Waals surface area (Å²) in [5.74, 6) is 0. The number of hydrogen-bond donors (Lipinski definition) is 1. The first-order valence-corrected chi connectivity index (χ1v) is 4.93. The summed E-state index contributed by atoms with van der Waals surface area (Å²) in [6.45, 7) is 2.87. The van der Waals surface area contributed by atoms with Crippen molar-refractivity contribution in [2.75, 3.05) is 19.8 Å². The zero-order chi connectivity index (χ0) is 8.23. The number of rotatable bonds is 1. The van der Waals surface area contributed by atoms with Crippen LogP contribution < -0.4 is 5.32 Å². The summed E-state index contributed by atoms with van der Waals surface area (Å²) in [4.78, 5) is 0. The van der Waals surface area contributed by atoms with Crippen molar-refractivity contribution in [3.63, 3.8) is 0 Å². The van der Waals surface area contributed by atoms with Crippen LogP contribution >= 0.6 is 12.4 Å². The van der Waals surface area contributed by atoms with Crippen LogP contribution in [0.2, 0.25) is 0 Å². The summed E-state index contributed by atoms with van der Waals surface area (Å²) in [6, 6.07) is 0. The molecule has 2 saturated heterocycles. The van der Waals surface area contributed by atoms with E-state index in [-0.39, 0.29) is 18.6 Å². The molecule has 0 aromatic rings. The molecule has 0 aromatic carbocycles. The lowest BCUT2D eigenvalue weighted by Gasteiger charge is -2.33. The second-order valence-corrected chi connectivity index (χ2v) is 3.50. The van der Waals surface area contributed by atoms with Gasteiger partial charge in [0.15, 0.2) is 0 Å². The molecule has 2 atom stereocenters. The topological polar surface area (TPSA) is 30.5 Å². The Morgan fingerprint density at radius 2 is 1.85 bits per heavy atom. The minimum absolute atomic E-state index is 0. The van der Waals surface area contributed by atoms with Crippen LogP contribution in [-0.2, 0) is 9.47 Å². The molecular formula is C9H18ClNO2. The molecular weight excluding hydrogens is 190 g/mol. The van der Waals surface area contributed by atoms with Crippen LogP contribution in [0.1, 0.15) is 25.7 Å². The number of halogens is 1. The van der Waals surface area contributed by atoms with Gasteiger partial charge in [0.2, 0.25) is 0 Å². The molecule has 78 valence electrons. The molecule has 2 aliphatic rings. The summed E-state index contributed by atoms with van der Waals surface area (Å²) in [7, 11) is 0. The molecule has 4 heteroatoms. The minimum atomic E-state index is 0. The minimum Gasteiger partial charge on any atom is -0.374 e. The predicted octanol–water partition coefficient (Wildman–Crippen LogP) is 1.31. The SMILES string of the molecule is C1CCC(C2NCCCO2)OC1.Cl. The summed E-state index contributed by atoms with van der Waals surface area (Å²) < 4.78 is 11.2. The number of nitrogens with one attached hydrogen (secondary N) is 1. The Morgan fingerprint density at radius 1 is 1.00 bits per heavy atom. The Kier molecular flexibility index (Phi) is 5.02. The van der Waals surface area contributed by atoms with E-state index in [4.69, 9.17) is 9.47 Å². The molecule has 0 amide bonds. The lowest BCUT2D eigenvalue weighted by atomic mass is 10.1. The van der Waals surface area contributed by atoms with Gasteiger partial charge in [0, 0.05) is 6.61 Å². The van der Waals surface area contributed by atoms with Gasteiger partial charge in [-0.05, 0) is 32.2 Å². The molecule has 2 rings (SSSR count). The highest BCUT2D eigenvalue weighted by atomic mass is 35.5. The van der Waals surface area contributed by atoms with E-state index in [1.807, 2.05) is 0 Å². The molecule has 0 saturated carbocycles. The van der Waals surface area contributed by atoms with E-state index >= 15 is 0 Å². The molecule has 0 radical (unpaired) electrons. The Morgan fingerprint density at radius 3 is 2.46 bits per heavy atom. The van der Waals surface area contributed by atoms with E-state index < -0.39 is 0 Å². The monoisotopic (exact) mass is 207 g/mol. The van der Waals surface area contributed by atoms with Crippen molar-refractivity contribution in [3.05, 3.63) is 0 Å². The normalized spacial score (nSPS) is 35.1. The van der Waals surface area contributed by atoms with Gasteiger partial charge in [-0.3, -0.25) is 5.32 Å². The van der Waals surface area contributed by atoms with Crippen molar-refractivity contribution < 1.29 is 9.47 Å². The highest BCUT2D eigenvalue weighted by molar-refractivity contribution is 5.85. The quantitative estimate of drug-likeness (QED) is 0.704. The van der Waals surface area contributed by atoms with Crippen molar-refractivity contribution in [1.29, 1.82) is 0 Å². The largest absolute Gasteiger partial charge is 0.374 e. The Hall–Kier alpha value is 0.170. The molecule has 2 aliphatic heterocycles. The molecule has 2 unspecified atom stereocenters. The third-order valence-electron chi connectivity index (χ3n) is 2.52. The molecule has 3 nitrogen and oxygen atoms in total. The van der Waals surface area contributed by atoms with Crippen LogP contribution in [0.4, 0.5) is 0 Å². The van der Waals surface area contributed by atoms with Crippen molar-refractivity contribution >= 4 is 12.4 Å². The molecule has 0 bridgehead atoms. The molecule has 0 aromatic heterocycles. The van der Waals surface area contributed by atoms with Gasteiger partial charge in [0.25, 0.3) is 0 Å². The highest BCUT2D eigenvalue weighted by Crippen LogP contribution is 2.17. The van der Waals surface area contributed by atoms with E-state index in [1.165, 1.54) is 12.8 Å². The first kappa shape index (κ1) is 11.2.